The van der Waals surface area contributed by atoms with Gasteiger partial charge in [-0.05, 0) is 68.0 Å². The third-order valence-electron chi connectivity index (χ3n) is 4.95. The van der Waals surface area contributed by atoms with Crippen molar-refractivity contribution in [1.82, 2.24) is 10.2 Å². The van der Waals surface area contributed by atoms with E-state index in [0.717, 1.165) is 12.5 Å². The molecule has 1 saturated heterocycles. The van der Waals surface area contributed by atoms with E-state index in [1.807, 2.05) is 11.3 Å². The van der Waals surface area contributed by atoms with Gasteiger partial charge < -0.3 is 5.32 Å². The van der Waals surface area contributed by atoms with Crippen molar-refractivity contribution in [2.75, 3.05) is 13.1 Å². The van der Waals surface area contributed by atoms with Crippen LogP contribution in [0.2, 0.25) is 0 Å². The van der Waals surface area contributed by atoms with Gasteiger partial charge in [-0.1, -0.05) is 13.8 Å². The maximum Gasteiger partial charge on any atom is 0.0120 e. The van der Waals surface area contributed by atoms with Crippen molar-refractivity contribution in [3.05, 3.63) is 22.4 Å². The van der Waals surface area contributed by atoms with Gasteiger partial charge in [0.2, 0.25) is 0 Å². The van der Waals surface area contributed by atoms with Gasteiger partial charge in [0.25, 0.3) is 0 Å². The first-order valence-corrected chi connectivity index (χ1v) is 9.08. The summed E-state index contributed by atoms with van der Waals surface area (Å²) in [5.74, 6) is 0.736. The van der Waals surface area contributed by atoms with Crippen molar-refractivity contribution in [2.24, 2.45) is 5.92 Å². The van der Waals surface area contributed by atoms with Crippen molar-refractivity contribution in [3.8, 4) is 0 Å². The molecule has 114 valence electrons. The molecular formula is C17H30N2S. The van der Waals surface area contributed by atoms with Crippen molar-refractivity contribution in [1.29, 1.82) is 0 Å². The quantitative estimate of drug-likeness (QED) is 0.859. The van der Waals surface area contributed by atoms with Crippen molar-refractivity contribution >= 4 is 11.3 Å². The molecule has 1 aromatic heterocycles. The van der Waals surface area contributed by atoms with Crippen molar-refractivity contribution < 1.29 is 0 Å². The van der Waals surface area contributed by atoms with Crippen LogP contribution in [0.25, 0.3) is 0 Å². The van der Waals surface area contributed by atoms with Crippen LogP contribution in [0.3, 0.4) is 0 Å². The number of rotatable bonds is 6. The van der Waals surface area contributed by atoms with E-state index in [-0.39, 0.29) is 0 Å². The number of nitrogens with one attached hydrogen (secondary N) is 1. The van der Waals surface area contributed by atoms with E-state index in [2.05, 4.69) is 54.7 Å². The molecule has 1 N–H and O–H groups in total. The molecule has 3 heteroatoms. The van der Waals surface area contributed by atoms with Crippen LogP contribution in [-0.2, 0) is 6.42 Å². The molecule has 0 amide bonds. The van der Waals surface area contributed by atoms with Crippen LogP contribution < -0.4 is 5.32 Å². The Hall–Kier alpha value is -0.380. The SMILES string of the molecule is CCCNC1CCN(C(C)Cc2ccsc2)C(C)C1C. The smallest absolute Gasteiger partial charge is 0.0120 e. The highest BCUT2D eigenvalue weighted by atomic mass is 32.1. The van der Waals surface area contributed by atoms with E-state index < -0.39 is 0 Å². The van der Waals surface area contributed by atoms with Gasteiger partial charge in [-0.25, -0.2) is 0 Å². The maximum absolute atomic E-state index is 3.73. The molecular weight excluding hydrogens is 264 g/mol. The number of likely N-dealkylation sites (tertiary alicyclic amines) is 1. The Labute approximate surface area is 128 Å². The third-order valence-corrected chi connectivity index (χ3v) is 5.68. The molecule has 1 aliphatic rings. The molecule has 0 aliphatic carbocycles. The Kier molecular flexibility index (Phi) is 6.06. The average Bonchev–Trinajstić information content (AvgIpc) is 2.93. The Morgan fingerprint density at radius 2 is 2.25 bits per heavy atom. The minimum atomic E-state index is 0.647. The Balaban J connectivity index is 1.90. The Morgan fingerprint density at radius 1 is 1.45 bits per heavy atom. The first-order chi connectivity index (χ1) is 9.63. The van der Waals surface area contributed by atoms with Crippen LogP contribution in [0.5, 0.6) is 0 Å². The highest BCUT2D eigenvalue weighted by Crippen LogP contribution is 2.26. The van der Waals surface area contributed by atoms with Gasteiger partial charge >= 0.3 is 0 Å². The molecule has 0 saturated carbocycles. The first-order valence-electron chi connectivity index (χ1n) is 8.13. The molecule has 0 aromatic carbocycles. The van der Waals surface area contributed by atoms with Gasteiger partial charge in [0.05, 0.1) is 0 Å². The Morgan fingerprint density at radius 3 is 2.90 bits per heavy atom. The lowest BCUT2D eigenvalue weighted by Crippen LogP contribution is -2.56. The molecule has 2 nitrogen and oxygen atoms in total. The summed E-state index contributed by atoms with van der Waals surface area (Å²) in [4.78, 5) is 2.71. The van der Waals surface area contributed by atoms with Gasteiger partial charge in [0, 0.05) is 24.7 Å². The molecule has 1 aliphatic heterocycles. The number of piperidine rings is 1. The van der Waals surface area contributed by atoms with Crippen LogP contribution >= 0.6 is 11.3 Å². The molecule has 4 atom stereocenters. The summed E-state index contributed by atoms with van der Waals surface area (Å²) in [7, 11) is 0. The maximum atomic E-state index is 3.73. The lowest BCUT2D eigenvalue weighted by Gasteiger charge is -2.46. The summed E-state index contributed by atoms with van der Waals surface area (Å²) in [6, 6.07) is 4.29. The minimum Gasteiger partial charge on any atom is -0.314 e. The normalized spacial score (nSPS) is 29.5. The van der Waals surface area contributed by atoms with Crippen LogP contribution in [-0.4, -0.2) is 36.1 Å². The summed E-state index contributed by atoms with van der Waals surface area (Å²) >= 11 is 1.81. The predicted octanol–water partition coefficient (Wildman–Crippen LogP) is 3.78. The van der Waals surface area contributed by atoms with Gasteiger partial charge in [-0.2, -0.15) is 11.3 Å². The van der Waals surface area contributed by atoms with Crippen LogP contribution in [0, 0.1) is 5.92 Å². The molecule has 1 fully saturated rings. The fraction of sp³-hybridized carbons (Fsp3) is 0.765. The second-order valence-corrected chi connectivity index (χ2v) is 7.15. The van der Waals surface area contributed by atoms with Gasteiger partial charge in [-0.15, -0.1) is 0 Å². The standard InChI is InChI=1S/C17H30N2S/c1-5-8-18-17-6-9-19(15(4)14(17)3)13(2)11-16-7-10-20-12-16/h7,10,12-15,17-18H,5-6,8-9,11H2,1-4H3. The summed E-state index contributed by atoms with van der Waals surface area (Å²) in [6.07, 6.45) is 3.71. The molecule has 20 heavy (non-hydrogen) atoms. The van der Waals surface area contributed by atoms with E-state index in [4.69, 9.17) is 0 Å². The fourth-order valence-corrected chi connectivity index (χ4v) is 4.18. The summed E-state index contributed by atoms with van der Waals surface area (Å²) in [6.45, 7) is 11.9. The number of thiophene rings is 1. The zero-order valence-corrected chi connectivity index (χ0v) is 14.2. The zero-order chi connectivity index (χ0) is 14.5. The number of hydrogen-bond donors (Lipinski definition) is 1. The molecule has 2 rings (SSSR count). The highest BCUT2D eigenvalue weighted by Gasteiger charge is 2.34. The fourth-order valence-electron chi connectivity index (χ4n) is 3.50. The van der Waals surface area contributed by atoms with Crippen molar-refractivity contribution in [3.63, 3.8) is 0 Å². The second-order valence-electron chi connectivity index (χ2n) is 6.37. The van der Waals surface area contributed by atoms with E-state index in [0.29, 0.717) is 18.1 Å². The van der Waals surface area contributed by atoms with Crippen molar-refractivity contribution in [2.45, 2.75) is 65.1 Å². The Bertz CT molecular complexity index is 376. The highest BCUT2D eigenvalue weighted by molar-refractivity contribution is 7.07. The summed E-state index contributed by atoms with van der Waals surface area (Å²) in [5, 5.41) is 8.21. The van der Waals surface area contributed by atoms with Gasteiger partial charge in [-0.3, -0.25) is 4.90 Å². The van der Waals surface area contributed by atoms with E-state index in [1.54, 1.807) is 0 Å². The lowest BCUT2D eigenvalue weighted by atomic mass is 9.85. The minimum absolute atomic E-state index is 0.647. The molecule has 0 spiro atoms. The second kappa shape index (κ2) is 7.58. The monoisotopic (exact) mass is 294 g/mol. The zero-order valence-electron chi connectivity index (χ0n) is 13.4. The summed E-state index contributed by atoms with van der Waals surface area (Å²) < 4.78 is 0. The molecule has 2 heterocycles. The molecule has 1 aromatic rings. The number of nitrogens with zero attached hydrogens (tertiary/aromatic N) is 1. The molecule has 0 bridgehead atoms. The topological polar surface area (TPSA) is 15.3 Å². The van der Waals surface area contributed by atoms with E-state index in [1.165, 1.54) is 31.4 Å². The molecule has 0 radical (unpaired) electrons. The van der Waals surface area contributed by atoms with Gasteiger partial charge in [0.1, 0.15) is 0 Å². The van der Waals surface area contributed by atoms with Crippen LogP contribution in [0.1, 0.15) is 46.1 Å². The predicted molar refractivity (Wildman–Crippen MR) is 89.5 cm³/mol. The van der Waals surface area contributed by atoms with E-state index in [9.17, 15) is 0 Å². The first kappa shape index (κ1) is 16.0. The average molecular weight is 295 g/mol. The van der Waals surface area contributed by atoms with E-state index >= 15 is 0 Å². The summed E-state index contributed by atoms with van der Waals surface area (Å²) in [5.41, 5.74) is 1.49. The molecule has 4 unspecified atom stereocenters. The lowest BCUT2D eigenvalue weighted by molar-refractivity contribution is 0.0530. The largest absolute Gasteiger partial charge is 0.314 e. The number of hydrogen-bond acceptors (Lipinski definition) is 3. The van der Waals surface area contributed by atoms with Crippen LogP contribution in [0.15, 0.2) is 16.8 Å². The third kappa shape index (κ3) is 3.84. The van der Waals surface area contributed by atoms with Crippen LogP contribution in [0.4, 0.5) is 0 Å². The van der Waals surface area contributed by atoms with Gasteiger partial charge in [0.15, 0.2) is 0 Å².